The Morgan fingerprint density at radius 3 is 2.47 bits per heavy atom. The fourth-order valence-electron chi connectivity index (χ4n) is 1.50. The van der Waals surface area contributed by atoms with E-state index in [-0.39, 0.29) is 6.10 Å². The number of aliphatic hydroxyl groups is 1. The van der Waals surface area contributed by atoms with Crippen molar-refractivity contribution in [1.29, 1.82) is 0 Å². The Labute approximate surface area is 92.3 Å². The van der Waals surface area contributed by atoms with Crippen molar-refractivity contribution >= 4 is 0 Å². The number of hydrogen-bond donors (Lipinski definition) is 2. The highest BCUT2D eigenvalue weighted by atomic mass is 16.3. The lowest BCUT2D eigenvalue weighted by Crippen LogP contribution is -2.32. The molecule has 0 aromatic heterocycles. The largest absolute Gasteiger partial charge is 0.392 e. The van der Waals surface area contributed by atoms with Crippen LogP contribution in [-0.2, 0) is 6.42 Å². The average molecular weight is 207 g/mol. The Hall–Kier alpha value is -0.860. The smallest absolute Gasteiger partial charge is 0.0636 e. The summed E-state index contributed by atoms with van der Waals surface area (Å²) in [7, 11) is 0. The summed E-state index contributed by atoms with van der Waals surface area (Å²) in [5.41, 5.74) is 1.38. The molecule has 1 aromatic carbocycles. The van der Waals surface area contributed by atoms with Gasteiger partial charge in [-0.25, -0.2) is 0 Å². The number of nitrogens with one attached hydrogen (secondary N) is 1. The van der Waals surface area contributed by atoms with E-state index in [4.69, 9.17) is 5.11 Å². The highest BCUT2D eigenvalue weighted by molar-refractivity contribution is 5.14. The number of aliphatic hydroxyl groups excluding tert-OH is 1. The molecule has 15 heavy (non-hydrogen) atoms. The molecule has 0 radical (unpaired) electrons. The van der Waals surface area contributed by atoms with Gasteiger partial charge in [-0.1, -0.05) is 30.3 Å². The molecule has 0 saturated carbocycles. The van der Waals surface area contributed by atoms with E-state index in [9.17, 15) is 0 Å². The van der Waals surface area contributed by atoms with Crippen molar-refractivity contribution in [3.63, 3.8) is 0 Å². The maximum atomic E-state index is 9.12. The molecule has 0 aliphatic heterocycles. The summed E-state index contributed by atoms with van der Waals surface area (Å²) in [4.78, 5) is 0. The molecule has 0 amide bonds. The summed E-state index contributed by atoms with van der Waals surface area (Å²) in [5.74, 6) is 0. The van der Waals surface area contributed by atoms with Gasteiger partial charge >= 0.3 is 0 Å². The molecule has 2 heteroatoms. The van der Waals surface area contributed by atoms with Crippen LogP contribution in [0.2, 0.25) is 0 Å². The second-order valence-corrected chi connectivity index (χ2v) is 4.18. The van der Waals surface area contributed by atoms with Crippen LogP contribution in [0.15, 0.2) is 30.3 Å². The number of benzene rings is 1. The minimum absolute atomic E-state index is 0.260. The number of aryl methyl sites for hydroxylation is 1. The van der Waals surface area contributed by atoms with Crippen LogP contribution in [0.1, 0.15) is 25.8 Å². The predicted octanol–water partition coefficient (Wildman–Crippen LogP) is 1.98. The molecular weight excluding hydrogens is 186 g/mol. The van der Waals surface area contributed by atoms with E-state index in [1.807, 2.05) is 6.07 Å². The monoisotopic (exact) mass is 207 g/mol. The Kier molecular flexibility index (Phi) is 5.37. The molecule has 1 unspecified atom stereocenters. The van der Waals surface area contributed by atoms with Gasteiger partial charge in [0.2, 0.25) is 0 Å². The SMILES string of the molecule is CC(CCc1ccccc1)NC[C@H](C)O. The molecule has 0 heterocycles. The molecule has 1 aromatic rings. The molecule has 0 fully saturated rings. The molecule has 0 spiro atoms. The summed E-state index contributed by atoms with van der Waals surface area (Å²) >= 11 is 0. The summed E-state index contributed by atoms with van der Waals surface area (Å²) in [6, 6.07) is 11.0. The van der Waals surface area contributed by atoms with Gasteiger partial charge in [0, 0.05) is 12.6 Å². The van der Waals surface area contributed by atoms with E-state index >= 15 is 0 Å². The molecule has 0 aliphatic rings. The van der Waals surface area contributed by atoms with Gasteiger partial charge in [0.25, 0.3) is 0 Å². The topological polar surface area (TPSA) is 32.3 Å². The molecular formula is C13H21NO. The molecule has 2 atom stereocenters. The molecule has 1 rings (SSSR count). The first-order chi connectivity index (χ1) is 7.18. The van der Waals surface area contributed by atoms with Gasteiger partial charge in [-0.15, -0.1) is 0 Å². The highest BCUT2D eigenvalue weighted by Gasteiger charge is 2.03. The first-order valence-corrected chi connectivity index (χ1v) is 5.64. The van der Waals surface area contributed by atoms with E-state index in [1.165, 1.54) is 5.56 Å². The second kappa shape index (κ2) is 6.59. The van der Waals surface area contributed by atoms with Crippen molar-refractivity contribution in [2.24, 2.45) is 0 Å². The van der Waals surface area contributed by atoms with Crippen LogP contribution in [0, 0.1) is 0 Å². The third kappa shape index (κ3) is 5.55. The average Bonchev–Trinajstić information content (AvgIpc) is 2.25. The summed E-state index contributed by atoms with van der Waals surface area (Å²) in [5, 5.41) is 12.4. The summed E-state index contributed by atoms with van der Waals surface area (Å²) in [6.07, 6.45) is 1.94. The van der Waals surface area contributed by atoms with Crippen LogP contribution < -0.4 is 5.32 Å². The number of hydrogen-bond acceptors (Lipinski definition) is 2. The van der Waals surface area contributed by atoms with Crippen LogP contribution in [0.4, 0.5) is 0 Å². The Bertz CT molecular complexity index is 258. The standard InChI is InChI=1S/C13H21NO/c1-11(14-10-12(2)15)8-9-13-6-4-3-5-7-13/h3-7,11-12,14-15H,8-10H2,1-2H3/t11?,12-/m0/s1. The fourth-order valence-corrected chi connectivity index (χ4v) is 1.50. The van der Waals surface area contributed by atoms with Crippen molar-refractivity contribution in [3.05, 3.63) is 35.9 Å². The van der Waals surface area contributed by atoms with Crippen LogP contribution in [0.3, 0.4) is 0 Å². The quantitative estimate of drug-likeness (QED) is 0.747. The third-order valence-corrected chi connectivity index (χ3v) is 2.47. The Morgan fingerprint density at radius 1 is 1.20 bits per heavy atom. The minimum Gasteiger partial charge on any atom is -0.392 e. The third-order valence-electron chi connectivity index (χ3n) is 2.47. The van der Waals surface area contributed by atoms with Crippen LogP contribution in [-0.4, -0.2) is 23.8 Å². The molecule has 2 nitrogen and oxygen atoms in total. The van der Waals surface area contributed by atoms with Crippen molar-refractivity contribution in [1.82, 2.24) is 5.32 Å². The zero-order valence-electron chi connectivity index (χ0n) is 9.61. The van der Waals surface area contributed by atoms with Gasteiger partial charge in [0.05, 0.1) is 6.10 Å². The van der Waals surface area contributed by atoms with Gasteiger partial charge in [0.15, 0.2) is 0 Å². The first kappa shape index (κ1) is 12.2. The zero-order chi connectivity index (χ0) is 11.1. The van der Waals surface area contributed by atoms with Gasteiger partial charge < -0.3 is 10.4 Å². The first-order valence-electron chi connectivity index (χ1n) is 5.64. The van der Waals surface area contributed by atoms with E-state index in [0.29, 0.717) is 12.6 Å². The minimum atomic E-state index is -0.260. The maximum absolute atomic E-state index is 9.12. The normalized spacial score (nSPS) is 14.9. The van der Waals surface area contributed by atoms with Crippen molar-refractivity contribution in [2.45, 2.75) is 38.8 Å². The Balaban J connectivity index is 2.19. The number of rotatable bonds is 6. The lowest BCUT2D eigenvalue weighted by molar-refractivity contribution is 0.186. The maximum Gasteiger partial charge on any atom is 0.0636 e. The van der Waals surface area contributed by atoms with Crippen LogP contribution in [0.25, 0.3) is 0 Å². The second-order valence-electron chi connectivity index (χ2n) is 4.18. The van der Waals surface area contributed by atoms with Crippen LogP contribution in [0.5, 0.6) is 0 Å². The molecule has 0 aliphatic carbocycles. The Morgan fingerprint density at radius 2 is 1.87 bits per heavy atom. The van der Waals surface area contributed by atoms with E-state index in [0.717, 1.165) is 12.8 Å². The van der Waals surface area contributed by atoms with E-state index < -0.39 is 0 Å². The van der Waals surface area contributed by atoms with Gasteiger partial charge in [0.1, 0.15) is 0 Å². The summed E-state index contributed by atoms with van der Waals surface area (Å²) < 4.78 is 0. The zero-order valence-corrected chi connectivity index (χ0v) is 9.61. The van der Waals surface area contributed by atoms with Gasteiger partial charge in [-0.05, 0) is 32.3 Å². The van der Waals surface area contributed by atoms with Crippen molar-refractivity contribution in [2.75, 3.05) is 6.54 Å². The van der Waals surface area contributed by atoms with E-state index in [2.05, 4.69) is 36.5 Å². The molecule has 0 bridgehead atoms. The lowest BCUT2D eigenvalue weighted by Gasteiger charge is -2.14. The van der Waals surface area contributed by atoms with Gasteiger partial charge in [-0.3, -0.25) is 0 Å². The highest BCUT2D eigenvalue weighted by Crippen LogP contribution is 2.04. The molecule has 0 saturated heterocycles. The van der Waals surface area contributed by atoms with Crippen LogP contribution >= 0.6 is 0 Å². The summed E-state index contributed by atoms with van der Waals surface area (Å²) in [6.45, 7) is 4.64. The van der Waals surface area contributed by atoms with Crippen molar-refractivity contribution in [3.8, 4) is 0 Å². The van der Waals surface area contributed by atoms with Gasteiger partial charge in [-0.2, -0.15) is 0 Å². The molecule has 84 valence electrons. The fraction of sp³-hybridized carbons (Fsp3) is 0.538. The lowest BCUT2D eigenvalue weighted by atomic mass is 10.1. The predicted molar refractivity (Wildman–Crippen MR) is 63.9 cm³/mol. The van der Waals surface area contributed by atoms with E-state index in [1.54, 1.807) is 6.92 Å². The molecule has 2 N–H and O–H groups in total. The van der Waals surface area contributed by atoms with Crippen molar-refractivity contribution < 1.29 is 5.11 Å².